The van der Waals surface area contributed by atoms with Crippen LogP contribution in [0.15, 0.2) is 23.1 Å². The first-order valence-corrected chi connectivity index (χ1v) is 8.82. The third-order valence-corrected chi connectivity index (χ3v) is 5.76. The van der Waals surface area contributed by atoms with Crippen LogP contribution in [0.3, 0.4) is 0 Å². The molecule has 0 radical (unpaired) electrons. The van der Waals surface area contributed by atoms with Crippen LogP contribution in [0.4, 0.5) is 5.69 Å². The van der Waals surface area contributed by atoms with Gasteiger partial charge in [-0.15, -0.1) is 12.4 Å². The van der Waals surface area contributed by atoms with Crippen molar-refractivity contribution in [2.75, 3.05) is 6.54 Å². The fraction of sp³-hybridized carbons (Fsp3) is 0.538. The molecule has 130 valence electrons. The zero-order valence-corrected chi connectivity index (χ0v) is 14.7. The third-order valence-electron chi connectivity index (χ3n) is 3.88. The van der Waals surface area contributed by atoms with Gasteiger partial charge in [-0.25, -0.2) is 13.1 Å². The number of hydrogen-bond donors (Lipinski definition) is 2. The van der Waals surface area contributed by atoms with Crippen molar-refractivity contribution in [2.24, 2.45) is 5.73 Å². The van der Waals surface area contributed by atoms with Crippen molar-refractivity contribution in [1.29, 1.82) is 0 Å². The van der Waals surface area contributed by atoms with Crippen LogP contribution in [-0.4, -0.2) is 25.4 Å². The lowest BCUT2D eigenvalue weighted by Gasteiger charge is -2.33. The minimum Gasteiger partial charge on any atom is -0.324 e. The summed E-state index contributed by atoms with van der Waals surface area (Å²) in [5, 5.41) is 10.5. The zero-order valence-electron chi connectivity index (χ0n) is 12.3. The van der Waals surface area contributed by atoms with Gasteiger partial charge >= 0.3 is 0 Å². The number of benzene rings is 1. The van der Waals surface area contributed by atoms with Crippen LogP contribution in [0.1, 0.15) is 32.1 Å². The van der Waals surface area contributed by atoms with Gasteiger partial charge in [0.2, 0.25) is 10.0 Å². The van der Waals surface area contributed by atoms with E-state index >= 15 is 0 Å². The Labute approximate surface area is 146 Å². The van der Waals surface area contributed by atoms with Gasteiger partial charge < -0.3 is 5.73 Å². The lowest BCUT2D eigenvalue weighted by molar-refractivity contribution is -0.384. The highest BCUT2D eigenvalue weighted by Crippen LogP contribution is 2.28. The molecule has 3 N–H and O–H groups in total. The maximum atomic E-state index is 12.3. The summed E-state index contributed by atoms with van der Waals surface area (Å²) in [5.74, 6) is 0. The predicted octanol–water partition coefficient (Wildman–Crippen LogP) is 2.61. The maximum absolute atomic E-state index is 12.3. The Kier molecular flexibility index (Phi) is 6.79. The molecule has 0 unspecified atom stereocenters. The molecule has 0 bridgehead atoms. The second-order valence-electron chi connectivity index (χ2n) is 5.62. The van der Waals surface area contributed by atoms with Gasteiger partial charge in [0.05, 0.1) is 9.95 Å². The molecular weight excluding hydrogens is 365 g/mol. The van der Waals surface area contributed by atoms with Gasteiger partial charge in [-0.2, -0.15) is 0 Å². The van der Waals surface area contributed by atoms with E-state index in [1.807, 2.05) is 0 Å². The van der Waals surface area contributed by atoms with E-state index < -0.39 is 20.5 Å². The van der Waals surface area contributed by atoms with Gasteiger partial charge in [-0.3, -0.25) is 10.1 Å². The summed E-state index contributed by atoms with van der Waals surface area (Å²) in [5.41, 5.74) is 5.40. The van der Waals surface area contributed by atoms with Gasteiger partial charge in [-0.05, 0) is 18.9 Å². The molecule has 10 heteroatoms. The summed E-state index contributed by atoms with van der Waals surface area (Å²) in [6, 6.07) is 3.26. The first-order chi connectivity index (χ1) is 10.2. The van der Waals surface area contributed by atoms with Crippen LogP contribution >= 0.6 is 24.0 Å². The summed E-state index contributed by atoms with van der Waals surface area (Å²) in [6.07, 6.45) is 4.61. The van der Waals surface area contributed by atoms with Crippen LogP contribution in [0.5, 0.6) is 0 Å². The Morgan fingerprint density at radius 1 is 1.30 bits per heavy atom. The molecule has 0 amide bonds. The summed E-state index contributed by atoms with van der Waals surface area (Å²) in [6.45, 7) is 0.128. The second kappa shape index (κ2) is 7.76. The molecule has 1 aromatic rings. The minimum atomic E-state index is -3.86. The van der Waals surface area contributed by atoms with E-state index in [4.69, 9.17) is 17.3 Å². The number of nitro benzene ring substituents is 1. The third kappa shape index (κ3) is 5.02. The normalized spacial score (nSPS) is 17.3. The van der Waals surface area contributed by atoms with Crippen molar-refractivity contribution in [3.8, 4) is 0 Å². The van der Waals surface area contributed by atoms with Crippen molar-refractivity contribution in [1.82, 2.24) is 4.72 Å². The van der Waals surface area contributed by atoms with Crippen LogP contribution in [0, 0.1) is 10.1 Å². The highest BCUT2D eigenvalue weighted by Gasteiger charge is 2.30. The highest BCUT2D eigenvalue weighted by molar-refractivity contribution is 7.89. The van der Waals surface area contributed by atoms with Gasteiger partial charge in [0.25, 0.3) is 5.69 Å². The number of nitrogens with one attached hydrogen (secondary N) is 1. The molecule has 0 heterocycles. The van der Waals surface area contributed by atoms with E-state index in [1.165, 1.54) is 0 Å². The Balaban J connectivity index is 0.00000264. The summed E-state index contributed by atoms with van der Waals surface area (Å²) in [4.78, 5) is 9.84. The lowest BCUT2D eigenvalue weighted by atomic mass is 9.83. The fourth-order valence-corrected chi connectivity index (χ4v) is 4.25. The smallest absolute Gasteiger partial charge is 0.271 e. The van der Waals surface area contributed by atoms with Crippen molar-refractivity contribution >= 4 is 39.7 Å². The van der Waals surface area contributed by atoms with Crippen LogP contribution in [0.2, 0.25) is 5.02 Å². The van der Waals surface area contributed by atoms with Gasteiger partial charge in [-0.1, -0.05) is 30.9 Å². The van der Waals surface area contributed by atoms with E-state index in [1.54, 1.807) is 0 Å². The molecule has 23 heavy (non-hydrogen) atoms. The second-order valence-corrected chi connectivity index (χ2v) is 7.76. The number of nitro groups is 1. The largest absolute Gasteiger partial charge is 0.324 e. The van der Waals surface area contributed by atoms with Crippen LogP contribution in [-0.2, 0) is 10.0 Å². The number of rotatable bonds is 5. The van der Waals surface area contributed by atoms with E-state index in [0.29, 0.717) is 0 Å². The standard InChI is InChI=1S/C13H18ClN3O4S.ClH/c14-11-8-10(17(18)19)4-5-12(11)22(20,21)16-9-13(15)6-2-1-3-7-13;/h4-5,8,16H,1-3,6-7,9,15H2;1H. The van der Waals surface area contributed by atoms with Crippen molar-refractivity contribution < 1.29 is 13.3 Å². The minimum absolute atomic E-state index is 0. The number of non-ortho nitro benzene ring substituents is 1. The summed E-state index contributed by atoms with van der Waals surface area (Å²) in [7, 11) is -3.86. The molecular formula is C13H19Cl2N3O4S. The molecule has 1 aromatic carbocycles. The molecule has 1 aliphatic carbocycles. The monoisotopic (exact) mass is 383 g/mol. The Bertz CT molecular complexity index is 676. The number of hydrogen-bond acceptors (Lipinski definition) is 5. The van der Waals surface area contributed by atoms with Crippen molar-refractivity contribution in [3.05, 3.63) is 33.3 Å². The van der Waals surface area contributed by atoms with E-state index in [9.17, 15) is 18.5 Å². The van der Waals surface area contributed by atoms with Gasteiger partial charge in [0.15, 0.2) is 0 Å². The van der Waals surface area contributed by atoms with E-state index in [2.05, 4.69) is 4.72 Å². The number of sulfonamides is 1. The molecule has 0 saturated heterocycles. The number of nitrogens with zero attached hydrogens (tertiary/aromatic N) is 1. The molecule has 0 atom stereocenters. The fourth-order valence-electron chi connectivity index (χ4n) is 2.57. The number of halogens is 2. The SMILES string of the molecule is Cl.NC1(CNS(=O)(=O)c2ccc([N+](=O)[O-])cc2Cl)CCCCC1. The number of nitrogens with two attached hydrogens (primary N) is 1. The molecule has 0 aromatic heterocycles. The summed E-state index contributed by atoms with van der Waals surface area (Å²) >= 11 is 5.86. The van der Waals surface area contributed by atoms with E-state index in [0.717, 1.165) is 50.3 Å². The average molecular weight is 384 g/mol. The maximum Gasteiger partial charge on any atom is 0.271 e. The van der Waals surface area contributed by atoms with Crippen LogP contribution in [0.25, 0.3) is 0 Å². The quantitative estimate of drug-likeness (QED) is 0.598. The Morgan fingerprint density at radius 3 is 2.43 bits per heavy atom. The molecule has 2 rings (SSSR count). The first-order valence-electron chi connectivity index (χ1n) is 6.96. The van der Waals surface area contributed by atoms with E-state index in [-0.39, 0.29) is 34.6 Å². The topological polar surface area (TPSA) is 115 Å². The lowest BCUT2D eigenvalue weighted by Crippen LogP contribution is -2.51. The van der Waals surface area contributed by atoms with Gasteiger partial charge in [0, 0.05) is 24.2 Å². The molecule has 1 aliphatic rings. The first kappa shape index (κ1) is 20.1. The Morgan fingerprint density at radius 2 is 1.91 bits per heavy atom. The van der Waals surface area contributed by atoms with Gasteiger partial charge in [0.1, 0.15) is 4.90 Å². The average Bonchev–Trinajstić information content (AvgIpc) is 2.46. The zero-order chi connectivity index (χ0) is 16.4. The molecule has 0 spiro atoms. The summed E-state index contributed by atoms with van der Waals surface area (Å²) < 4.78 is 27.1. The molecule has 1 saturated carbocycles. The van der Waals surface area contributed by atoms with Crippen molar-refractivity contribution in [3.63, 3.8) is 0 Å². The molecule has 7 nitrogen and oxygen atoms in total. The Hall–Kier alpha value is -0.930. The predicted molar refractivity (Wildman–Crippen MR) is 90.5 cm³/mol. The molecule has 0 aliphatic heterocycles. The van der Waals surface area contributed by atoms with Crippen molar-refractivity contribution in [2.45, 2.75) is 42.5 Å². The highest BCUT2D eigenvalue weighted by atomic mass is 35.5. The molecule has 1 fully saturated rings. The van der Waals surface area contributed by atoms with Crippen LogP contribution < -0.4 is 10.5 Å².